The topological polar surface area (TPSA) is 59.5 Å². The summed E-state index contributed by atoms with van der Waals surface area (Å²) in [7, 11) is 0. The number of ether oxygens (including phenoxy) is 1. The Hall–Kier alpha value is -1.43. The van der Waals surface area contributed by atoms with Gasteiger partial charge in [-0.2, -0.15) is 0 Å². The van der Waals surface area contributed by atoms with Gasteiger partial charge in [0, 0.05) is 6.54 Å². The van der Waals surface area contributed by atoms with Crippen molar-refractivity contribution in [3.8, 4) is 0 Å². The molecule has 2 atom stereocenters. The van der Waals surface area contributed by atoms with Crippen LogP contribution in [-0.4, -0.2) is 39.9 Å². The van der Waals surface area contributed by atoms with Crippen LogP contribution in [0.1, 0.15) is 50.2 Å². The molecule has 6 heteroatoms. The van der Waals surface area contributed by atoms with E-state index in [4.69, 9.17) is 4.74 Å². The van der Waals surface area contributed by atoms with Crippen molar-refractivity contribution in [2.45, 2.75) is 52.2 Å². The van der Waals surface area contributed by atoms with E-state index in [0.29, 0.717) is 11.4 Å². The molecule has 0 spiro atoms. The number of rotatable bonds is 2. The van der Waals surface area contributed by atoms with Crippen molar-refractivity contribution in [2.75, 3.05) is 6.54 Å². The monoisotopic (exact) mass is 310 g/mol. The van der Waals surface area contributed by atoms with Gasteiger partial charge in [-0.3, -0.25) is 9.78 Å². The van der Waals surface area contributed by atoms with Gasteiger partial charge in [-0.1, -0.05) is 6.92 Å². The maximum atomic E-state index is 12.6. The molecule has 1 aromatic heterocycles. The van der Waals surface area contributed by atoms with Crippen LogP contribution in [0, 0.1) is 5.92 Å². The standard InChI is InChI=1S/C15H22N2O3S/c1-10-6-5-7-17(13(18)11-8-16-9-21-11)12(10)14(19)20-15(2,3)4/h8-10,12H,5-7H2,1-4H3/t10-,12+/m1/s1. The first-order chi connectivity index (χ1) is 9.79. The molecule has 1 aliphatic rings. The number of nitrogens with zero attached hydrogens (tertiary/aromatic N) is 2. The summed E-state index contributed by atoms with van der Waals surface area (Å²) in [5.74, 6) is -0.335. The predicted molar refractivity (Wildman–Crippen MR) is 81.2 cm³/mol. The molecule has 1 amide bonds. The Morgan fingerprint density at radius 3 is 2.71 bits per heavy atom. The SMILES string of the molecule is C[C@@H]1CCCN(C(=O)c2cncs2)[C@@H]1C(=O)OC(C)(C)C. The molecular formula is C15H22N2O3S. The van der Waals surface area contributed by atoms with Gasteiger partial charge in [-0.25, -0.2) is 4.79 Å². The lowest BCUT2D eigenvalue weighted by molar-refractivity contribution is -0.163. The Balaban J connectivity index is 2.21. The molecule has 116 valence electrons. The van der Waals surface area contributed by atoms with Crippen molar-refractivity contribution < 1.29 is 14.3 Å². The molecule has 0 N–H and O–H groups in total. The molecular weight excluding hydrogens is 288 g/mol. The van der Waals surface area contributed by atoms with Gasteiger partial charge in [0.2, 0.25) is 0 Å². The first-order valence-corrected chi connectivity index (χ1v) is 8.10. The summed E-state index contributed by atoms with van der Waals surface area (Å²) in [5, 5.41) is 0. The third-order valence-corrected chi connectivity index (χ3v) is 4.25. The van der Waals surface area contributed by atoms with E-state index < -0.39 is 11.6 Å². The summed E-state index contributed by atoms with van der Waals surface area (Å²) in [5.41, 5.74) is 1.08. The number of amides is 1. The Kier molecular flexibility index (Phi) is 4.66. The minimum Gasteiger partial charge on any atom is -0.458 e. The first-order valence-electron chi connectivity index (χ1n) is 7.22. The number of hydrogen-bond donors (Lipinski definition) is 0. The second kappa shape index (κ2) is 6.13. The Bertz CT molecular complexity index is 507. The molecule has 0 saturated carbocycles. The second-order valence-electron chi connectivity index (χ2n) is 6.46. The summed E-state index contributed by atoms with van der Waals surface area (Å²) >= 11 is 1.30. The summed E-state index contributed by atoms with van der Waals surface area (Å²) in [6.07, 6.45) is 3.39. The van der Waals surface area contributed by atoms with Crippen LogP contribution >= 0.6 is 11.3 Å². The summed E-state index contributed by atoms with van der Waals surface area (Å²) < 4.78 is 5.50. The maximum absolute atomic E-state index is 12.6. The minimum absolute atomic E-state index is 0.102. The smallest absolute Gasteiger partial charge is 0.329 e. The predicted octanol–water partition coefficient (Wildman–Crippen LogP) is 2.73. The second-order valence-corrected chi connectivity index (χ2v) is 7.35. The molecule has 0 aliphatic carbocycles. The van der Waals surface area contributed by atoms with Gasteiger partial charge >= 0.3 is 5.97 Å². The number of esters is 1. The molecule has 5 nitrogen and oxygen atoms in total. The van der Waals surface area contributed by atoms with Gasteiger partial charge in [-0.15, -0.1) is 11.3 Å². The summed E-state index contributed by atoms with van der Waals surface area (Å²) in [6, 6.07) is -0.507. The molecule has 0 radical (unpaired) electrons. The van der Waals surface area contributed by atoms with E-state index in [1.165, 1.54) is 11.3 Å². The average molecular weight is 310 g/mol. The van der Waals surface area contributed by atoms with Crippen LogP contribution in [0.15, 0.2) is 11.7 Å². The van der Waals surface area contributed by atoms with E-state index in [-0.39, 0.29) is 17.8 Å². The zero-order valence-electron chi connectivity index (χ0n) is 13.0. The van der Waals surface area contributed by atoms with Crippen LogP contribution in [0.25, 0.3) is 0 Å². The minimum atomic E-state index is -0.548. The van der Waals surface area contributed by atoms with Gasteiger partial charge in [-0.05, 0) is 39.5 Å². The fraction of sp³-hybridized carbons (Fsp3) is 0.667. The third-order valence-electron chi connectivity index (χ3n) is 3.49. The molecule has 0 aromatic carbocycles. The summed E-state index contributed by atoms with van der Waals surface area (Å²) in [6.45, 7) is 8.11. The van der Waals surface area contributed by atoms with Crippen LogP contribution in [0.4, 0.5) is 0 Å². The van der Waals surface area contributed by atoms with Crippen molar-refractivity contribution in [3.05, 3.63) is 16.6 Å². The van der Waals surface area contributed by atoms with Gasteiger partial charge in [0.1, 0.15) is 16.5 Å². The fourth-order valence-electron chi connectivity index (χ4n) is 2.60. The third kappa shape index (κ3) is 3.81. The molecule has 1 fully saturated rings. The van der Waals surface area contributed by atoms with Crippen LogP contribution < -0.4 is 0 Å². The lowest BCUT2D eigenvalue weighted by Crippen LogP contribution is -2.53. The number of likely N-dealkylation sites (tertiary alicyclic amines) is 1. The van der Waals surface area contributed by atoms with Crippen molar-refractivity contribution >= 4 is 23.2 Å². The van der Waals surface area contributed by atoms with Gasteiger partial charge < -0.3 is 9.64 Å². The van der Waals surface area contributed by atoms with E-state index in [1.54, 1.807) is 16.6 Å². The molecule has 1 aliphatic heterocycles. The molecule has 2 heterocycles. The molecule has 1 aromatic rings. The molecule has 21 heavy (non-hydrogen) atoms. The molecule has 1 saturated heterocycles. The van der Waals surface area contributed by atoms with Crippen molar-refractivity contribution in [1.82, 2.24) is 9.88 Å². The zero-order chi connectivity index (χ0) is 15.6. The molecule has 0 bridgehead atoms. The van der Waals surface area contributed by atoms with E-state index in [1.807, 2.05) is 27.7 Å². The number of aromatic nitrogens is 1. The maximum Gasteiger partial charge on any atom is 0.329 e. The molecule has 2 rings (SSSR count). The number of hydrogen-bond acceptors (Lipinski definition) is 5. The highest BCUT2D eigenvalue weighted by molar-refractivity contribution is 7.11. The zero-order valence-corrected chi connectivity index (χ0v) is 13.8. The lowest BCUT2D eigenvalue weighted by Gasteiger charge is -2.39. The lowest BCUT2D eigenvalue weighted by atomic mass is 9.90. The highest BCUT2D eigenvalue weighted by Gasteiger charge is 2.40. The normalized spacial score (nSPS) is 23.0. The van der Waals surface area contributed by atoms with Crippen LogP contribution in [0.3, 0.4) is 0 Å². The largest absolute Gasteiger partial charge is 0.458 e. The highest BCUT2D eigenvalue weighted by atomic mass is 32.1. The van der Waals surface area contributed by atoms with E-state index in [9.17, 15) is 9.59 Å². The Morgan fingerprint density at radius 2 is 2.14 bits per heavy atom. The average Bonchev–Trinajstić information content (AvgIpc) is 2.89. The number of thiazole rings is 1. The van der Waals surface area contributed by atoms with Crippen molar-refractivity contribution in [3.63, 3.8) is 0 Å². The number of carbonyl (C=O) groups excluding carboxylic acids is 2. The Morgan fingerprint density at radius 1 is 1.43 bits per heavy atom. The van der Waals surface area contributed by atoms with Gasteiger partial charge in [0.15, 0.2) is 0 Å². The highest BCUT2D eigenvalue weighted by Crippen LogP contribution is 2.27. The quantitative estimate of drug-likeness (QED) is 0.788. The number of piperidine rings is 1. The first kappa shape index (κ1) is 15.9. The fourth-order valence-corrected chi connectivity index (χ4v) is 3.18. The van der Waals surface area contributed by atoms with E-state index in [0.717, 1.165) is 12.8 Å². The van der Waals surface area contributed by atoms with E-state index >= 15 is 0 Å². The van der Waals surface area contributed by atoms with Gasteiger partial charge in [0.05, 0.1) is 11.7 Å². The van der Waals surface area contributed by atoms with Crippen LogP contribution in [0.5, 0.6) is 0 Å². The Labute approximate surface area is 129 Å². The van der Waals surface area contributed by atoms with E-state index in [2.05, 4.69) is 4.98 Å². The van der Waals surface area contributed by atoms with Crippen molar-refractivity contribution in [1.29, 1.82) is 0 Å². The van der Waals surface area contributed by atoms with Crippen LogP contribution in [0.2, 0.25) is 0 Å². The number of carbonyl (C=O) groups is 2. The molecule has 0 unspecified atom stereocenters. The van der Waals surface area contributed by atoms with Gasteiger partial charge in [0.25, 0.3) is 5.91 Å². The van der Waals surface area contributed by atoms with Crippen LogP contribution in [-0.2, 0) is 9.53 Å². The van der Waals surface area contributed by atoms with Crippen molar-refractivity contribution in [2.24, 2.45) is 5.92 Å². The summed E-state index contributed by atoms with van der Waals surface area (Å²) in [4.78, 5) is 31.2.